The lowest BCUT2D eigenvalue weighted by atomic mass is 10.0. The third-order valence-corrected chi connectivity index (χ3v) is 8.31. The fourth-order valence-electron chi connectivity index (χ4n) is 5.75. The quantitative estimate of drug-likeness (QED) is 0.159. The highest BCUT2D eigenvalue weighted by atomic mass is 16.5. The topological polar surface area (TPSA) is 82.4 Å². The molecule has 0 unspecified atom stereocenters. The van der Waals surface area contributed by atoms with Crippen LogP contribution in [0.1, 0.15) is 133 Å². The van der Waals surface area contributed by atoms with Crippen LogP contribution in [-0.2, 0) is 0 Å². The first-order valence-corrected chi connectivity index (χ1v) is 16.4. The number of rotatable bonds is 21. The van der Waals surface area contributed by atoms with Crippen molar-refractivity contribution in [2.75, 3.05) is 32.7 Å². The molecule has 0 spiro atoms. The van der Waals surface area contributed by atoms with Crippen molar-refractivity contribution in [3.63, 3.8) is 0 Å². The van der Waals surface area contributed by atoms with E-state index in [0.717, 1.165) is 32.7 Å². The summed E-state index contributed by atoms with van der Waals surface area (Å²) < 4.78 is 4.58. The van der Waals surface area contributed by atoms with Gasteiger partial charge in [-0.1, -0.05) is 133 Å². The predicted octanol–water partition coefficient (Wildman–Crippen LogP) is 7.83. The molecule has 0 bridgehead atoms. The molecule has 2 heterocycles. The Balaban J connectivity index is 1.13. The molecule has 1 aliphatic heterocycles. The number of carbonyl (C=O) groups is 1. The average molecular weight is 555 g/mol. The van der Waals surface area contributed by atoms with E-state index in [1.807, 2.05) is 23.1 Å². The van der Waals surface area contributed by atoms with Crippen molar-refractivity contribution in [2.24, 2.45) is 0 Å². The Morgan fingerprint density at radius 2 is 1.30 bits per heavy atom. The molecule has 1 N–H and O–H groups in total. The zero-order valence-corrected chi connectivity index (χ0v) is 25.1. The lowest BCUT2D eigenvalue weighted by Crippen LogP contribution is -2.48. The SMILES string of the molecule is CCCCCCCCCCCCCCCCCCCCN1CCN(C(=O)c2cccc(-c3noc(=O)[nH]3)c2)CC1. The Kier molecular flexibility index (Phi) is 15.8. The van der Waals surface area contributed by atoms with Crippen LogP contribution in [0.25, 0.3) is 11.4 Å². The Hall–Kier alpha value is -2.41. The maximum Gasteiger partial charge on any atom is 0.439 e. The van der Waals surface area contributed by atoms with Crippen molar-refractivity contribution < 1.29 is 9.32 Å². The third-order valence-electron chi connectivity index (χ3n) is 8.31. The first-order chi connectivity index (χ1) is 19.7. The van der Waals surface area contributed by atoms with Gasteiger partial charge in [-0.25, -0.2) is 4.79 Å². The molecule has 0 saturated carbocycles. The maximum absolute atomic E-state index is 13.0. The fraction of sp³-hybridized carbons (Fsp3) is 0.727. The summed E-state index contributed by atoms with van der Waals surface area (Å²) in [4.78, 5) is 31.2. The third kappa shape index (κ3) is 12.4. The standard InChI is InChI=1S/C33H54N4O3/c1-2-3-4-5-6-7-8-9-10-11-12-13-14-15-16-17-18-19-23-36-24-26-37(27-25-36)32(38)30-22-20-21-29(28-30)31-34-33(39)40-35-31/h20-22,28H,2-19,23-27H2,1H3,(H,34,35,39). The van der Waals surface area contributed by atoms with Crippen LogP contribution < -0.4 is 5.76 Å². The van der Waals surface area contributed by atoms with Gasteiger partial charge in [-0.15, -0.1) is 0 Å². The maximum atomic E-state index is 13.0. The van der Waals surface area contributed by atoms with Gasteiger partial charge in [-0.2, -0.15) is 0 Å². The molecule has 1 aromatic heterocycles. The summed E-state index contributed by atoms with van der Waals surface area (Å²) in [7, 11) is 0. The number of hydrogen-bond donors (Lipinski definition) is 1. The van der Waals surface area contributed by atoms with Crippen LogP contribution in [0.5, 0.6) is 0 Å². The summed E-state index contributed by atoms with van der Waals surface area (Å²) in [5, 5.41) is 3.72. The Morgan fingerprint density at radius 1 is 0.775 bits per heavy atom. The smallest absolute Gasteiger partial charge is 0.336 e. The fourth-order valence-corrected chi connectivity index (χ4v) is 5.75. The number of hydrogen-bond acceptors (Lipinski definition) is 5. The summed E-state index contributed by atoms with van der Waals surface area (Å²) in [6.07, 6.45) is 25.3. The summed E-state index contributed by atoms with van der Waals surface area (Å²) in [5.74, 6) is -0.230. The number of carbonyl (C=O) groups excluding carboxylic acids is 1. The number of nitrogens with zero attached hydrogens (tertiary/aromatic N) is 3. The molecule has 1 aliphatic rings. The lowest BCUT2D eigenvalue weighted by molar-refractivity contribution is 0.0635. The van der Waals surface area contributed by atoms with E-state index in [1.54, 1.807) is 6.07 Å². The van der Waals surface area contributed by atoms with Gasteiger partial charge in [0.1, 0.15) is 0 Å². The molecule has 2 aromatic rings. The number of aromatic nitrogens is 2. The van der Waals surface area contributed by atoms with E-state index in [9.17, 15) is 9.59 Å². The number of aromatic amines is 1. The zero-order valence-electron chi connectivity index (χ0n) is 25.1. The summed E-state index contributed by atoms with van der Waals surface area (Å²) in [6.45, 7) is 6.79. The molecule has 0 radical (unpaired) electrons. The van der Waals surface area contributed by atoms with Crippen LogP contribution in [-0.4, -0.2) is 58.6 Å². The van der Waals surface area contributed by atoms with Gasteiger partial charge in [0, 0.05) is 37.3 Å². The van der Waals surface area contributed by atoms with E-state index >= 15 is 0 Å². The van der Waals surface area contributed by atoms with Crippen LogP contribution in [0.4, 0.5) is 0 Å². The predicted molar refractivity (Wildman–Crippen MR) is 164 cm³/mol. The number of nitrogens with one attached hydrogen (secondary N) is 1. The molecule has 7 nitrogen and oxygen atoms in total. The monoisotopic (exact) mass is 554 g/mol. The Bertz CT molecular complexity index is 993. The van der Waals surface area contributed by atoms with Crippen molar-refractivity contribution in [1.82, 2.24) is 19.9 Å². The van der Waals surface area contributed by atoms with Crippen molar-refractivity contribution in [3.8, 4) is 11.4 Å². The normalized spacial score (nSPS) is 14.2. The molecule has 1 saturated heterocycles. The highest BCUT2D eigenvalue weighted by Gasteiger charge is 2.22. The highest BCUT2D eigenvalue weighted by Crippen LogP contribution is 2.18. The van der Waals surface area contributed by atoms with E-state index in [4.69, 9.17) is 0 Å². The molecule has 1 fully saturated rings. The van der Waals surface area contributed by atoms with Gasteiger partial charge in [-0.3, -0.25) is 19.2 Å². The first kappa shape index (κ1) is 32.1. The molecule has 40 heavy (non-hydrogen) atoms. The number of unbranched alkanes of at least 4 members (excludes halogenated alkanes) is 17. The van der Waals surface area contributed by atoms with Crippen LogP contribution in [0, 0.1) is 0 Å². The van der Waals surface area contributed by atoms with Crippen LogP contribution in [0.2, 0.25) is 0 Å². The molecule has 1 amide bonds. The van der Waals surface area contributed by atoms with Gasteiger partial charge >= 0.3 is 5.76 Å². The molecular weight excluding hydrogens is 500 g/mol. The second-order valence-electron chi connectivity index (χ2n) is 11.7. The van der Waals surface area contributed by atoms with E-state index in [1.165, 1.54) is 116 Å². The minimum atomic E-state index is -0.599. The van der Waals surface area contributed by atoms with Gasteiger partial charge < -0.3 is 4.90 Å². The minimum Gasteiger partial charge on any atom is -0.336 e. The van der Waals surface area contributed by atoms with Crippen LogP contribution in [0.3, 0.4) is 0 Å². The van der Waals surface area contributed by atoms with E-state index in [-0.39, 0.29) is 5.91 Å². The minimum absolute atomic E-state index is 0.0282. The van der Waals surface area contributed by atoms with E-state index in [2.05, 4.69) is 26.5 Å². The van der Waals surface area contributed by atoms with Gasteiger partial charge in [-0.05, 0) is 25.1 Å². The first-order valence-electron chi connectivity index (χ1n) is 16.4. The largest absolute Gasteiger partial charge is 0.439 e. The Morgan fingerprint density at radius 3 is 1.80 bits per heavy atom. The van der Waals surface area contributed by atoms with Crippen LogP contribution >= 0.6 is 0 Å². The van der Waals surface area contributed by atoms with Crippen molar-refractivity contribution >= 4 is 5.91 Å². The van der Waals surface area contributed by atoms with E-state index < -0.39 is 5.76 Å². The van der Waals surface area contributed by atoms with Crippen molar-refractivity contribution in [2.45, 2.75) is 122 Å². The van der Waals surface area contributed by atoms with Crippen molar-refractivity contribution in [1.29, 1.82) is 0 Å². The second kappa shape index (κ2) is 19.6. The summed E-state index contributed by atoms with van der Waals surface area (Å²) >= 11 is 0. The zero-order chi connectivity index (χ0) is 28.3. The molecule has 0 aliphatic carbocycles. The van der Waals surface area contributed by atoms with Gasteiger partial charge in [0.05, 0.1) is 0 Å². The molecule has 1 aromatic carbocycles. The lowest BCUT2D eigenvalue weighted by Gasteiger charge is -2.34. The Labute approximate surface area is 242 Å². The molecular formula is C33H54N4O3. The number of piperazine rings is 1. The van der Waals surface area contributed by atoms with Gasteiger partial charge in [0.15, 0.2) is 5.82 Å². The number of benzene rings is 1. The number of amides is 1. The molecule has 0 atom stereocenters. The molecule has 7 heteroatoms. The number of H-pyrrole nitrogens is 1. The molecule has 3 rings (SSSR count). The van der Waals surface area contributed by atoms with E-state index in [0.29, 0.717) is 17.0 Å². The highest BCUT2D eigenvalue weighted by molar-refractivity contribution is 5.95. The summed E-state index contributed by atoms with van der Waals surface area (Å²) in [6, 6.07) is 7.20. The van der Waals surface area contributed by atoms with Gasteiger partial charge in [0.2, 0.25) is 0 Å². The van der Waals surface area contributed by atoms with Crippen molar-refractivity contribution in [3.05, 3.63) is 40.4 Å². The average Bonchev–Trinajstić information content (AvgIpc) is 3.43. The summed E-state index contributed by atoms with van der Waals surface area (Å²) in [5.41, 5.74) is 1.28. The van der Waals surface area contributed by atoms with Crippen LogP contribution in [0.15, 0.2) is 33.6 Å². The van der Waals surface area contributed by atoms with Gasteiger partial charge in [0.25, 0.3) is 5.91 Å². The second-order valence-corrected chi connectivity index (χ2v) is 11.7. The molecule has 224 valence electrons.